The van der Waals surface area contributed by atoms with E-state index in [0.29, 0.717) is 6.42 Å². The van der Waals surface area contributed by atoms with Gasteiger partial charge in [-0.15, -0.1) is 0 Å². The summed E-state index contributed by atoms with van der Waals surface area (Å²) in [5, 5.41) is 3.31. The molecule has 1 atom stereocenters. The van der Waals surface area contributed by atoms with Crippen molar-refractivity contribution >= 4 is 5.97 Å². The summed E-state index contributed by atoms with van der Waals surface area (Å²) >= 11 is 0. The summed E-state index contributed by atoms with van der Waals surface area (Å²) in [7, 11) is 0. The number of ether oxygens (including phenoxy) is 1. The molecule has 4 heteroatoms. The molecule has 0 spiro atoms. The summed E-state index contributed by atoms with van der Waals surface area (Å²) in [5.74, 6) is -0.0440. The SMILES string of the molecule is CCCCCC(C)OC(=O)CCN1CCNCC1. The molecule has 1 heterocycles. The van der Waals surface area contributed by atoms with Crippen molar-refractivity contribution in [1.82, 2.24) is 10.2 Å². The number of nitrogens with one attached hydrogen (secondary N) is 1. The molecular weight excluding hydrogens is 228 g/mol. The first-order valence-electron chi connectivity index (χ1n) is 7.35. The fraction of sp³-hybridized carbons (Fsp3) is 0.929. The van der Waals surface area contributed by atoms with Crippen LogP contribution in [0, 0.1) is 0 Å². The summed E-state index contributed by atoms with van der Waals surface area (Å²) in [6.07, 6.45) is 5.19. The van der Waals surface area contributed by atoms with Gasteiger partial charge >= 0.3 is 5.97 Å². The van der Waals surface area contributed by atoms with E-state index in [9.17, 15) is 4.79 Å². The quantitative estimate of drug-likeness (QED) is 0.531. The van der Waals surface area contributed by atoms with Gasteiger partial charge in [-0.2, -0.15) is 0 Å². The number of carbonyl (C=O) groups excluding carboxylic acids is 1. The predicted octanol–water partition coefficient (Wildman–Crippen LogP) is 1.79. The lowest BCUT2D eigenvalue weighted by Gasteiger charge is -2.26. The number of hydrogen-bond donors (Lipinski definition) is 1. The fourth-order valence-corrected chi connectivity index (χ4v) is 2.21. The molecule has 1 fully saturated rings. The van der Waals surface area contributed by atoms with Gasteiger partial charge in [0.1, 0.15) is 0 Å². The maximum Gasteiger partial charge on any atom is 0.307 e. The van der Waals surface area contributed by atoms with E-state index in [4.69, 9.17) is 4.74 Å². The molecule has 0 aromatic carbocycles. The molecule has 0 aliphatic carbocycles. The van der Waals surface area contributed by atoms with Crippen LogP contribution in [0.3, 0.4) is 0 Å². The molecule has 0 radical (unpaired) electrons. The van der Waals surface area contributed by atoms with Crippen LogP contribution in [-0.4, -0.2) is 49.7 Å². The van der Waals surface area contributed by atoms with E-state index < -0.39 is 0 Å². The van der Waals surface area contributed by atoms with E-state index in [0.717, 1.165) is 45.6 Å². The van der Waals surface area contributed by atoms with Gasteiger partial charge in [-0.3, -0.25) is 4.79 Å². The van der Waals surface area contributed by atoms with Crippen LogP contribution < -0.4 is 5.32 Å². The van der Waals surface area contributed by atoms with Crippen molar-refractivity contribution in [3.05, 3.63) is 0 Å². The van der Waals surface area contributed by atoms with Crippen LogP contribution in [0.15, 0.2) is 0 Å². The van der Waals surface area contributed by atoms with Crippen molar-refractivity contribution in [2.75, 3.05) is 32.7 Å². The van der Waals surface area contributed by atoms with Crippen LogP contribution in [-0.2, 0) is 9.53 Å². The maximum atomic E-state index is 11.7. The Balaban J connectivity index is 2.05. The van der Waals surface area contributed by atoms with Crippen LogP contribution in [0.1, 0.15) is 46.0 Å². The Morgan fingerprint density at radius 2 is 2.06 bits per heavy atom. The summed E-state index contributed by atoms with van der Waals surface area (Å²) in [6, 6.07) is 0. The molecule has 0 aromatic rings. The van der Waals surface area contributed by atoms with Crippen molar-refractivity contribution < 1.29 is 9.53 Å². The van der Waals surface area contributed by atoms with Gasteiger partial charge < -0.3 is 15.0 Å². The third-order valence-corrected chi connectivity index (χ3v) is 3.39. The summed E-state index contributed by atoms with van der Waals surface area (Å²) < 4.78 is 5.41. The molecule has 0 bridgehead atoms. The van der Waals surface area contributed by atoms with E-state index in [-0.39, 0.29) is 12.1 Å². The number of piperazine rings is 1. The Morgan fingerprint density at radius 1 is 1.33 bits per heavy atom. The molecule has 4 nitrogen and oxygen atoms in total. The van der Waals surface area contributed by atoms with Gasteiger partial charge in [0.25, 0.3) is 0 Å². The Labute approximate surface area is 111 Å². The summed E-state index contributed by atoms with van der Waals surface area (Å²) in [6.45, 7) is 9.16. The number of carbonyl (C=O) groups is 1. The molecule has 1 unspecified atom stereocenters. The van der Waals surface area contributed by atoms with Crippen molar-refractivity contribution in [2.24, 2.45) is 0 Å². The number of hydrogen-bond acceptors (Lipinski definition) is 4. The van der Waals surface area contributed by atoms with Gasteiger partial charge in [0.15, 0.2) is 0 Å². The van der Waals surface area contributed by atoms with E-state index in [1.807, 2.05) is 6.92 Å². The van der Waals surface area contributed by atoms with E-state index in [2.05, 4.69) is 17.1 Å². The number of unbranched alkanes of at least 4 members (excludes halogenated alkanes) is 2. The predicted molar refractivity (Wildman–Crippen MR) is 73.6 cm³/mol. The molecule has 1 rings (SSSR count). The lowest BCUT2D eigenvalue weighted by Crippen LogP contribution is -2.44. The van der Waals surface area contributed by atoms with Crippen molar-refractivity contribution in [3.8, 4) is 0 Å². The molecule has 0 saturated carbocycles. The van der Waals surface area contributed by atoms with Crippen molar-refractivity contribution in [1.29, 1.82) is 0 Å². The monoisotopic (exact) mass is 256 g/mol. The molecule has 1 aliphatic heterocycles. The van der Waals surface area contributed by atoms with Gasteiger partial charge in [0.05, 0.1) is 12.5 Å². The maximum absolute atomic E-state index is 11.7. The Bertz CT molecular complexity index is 228. The third-order valence-electron chi connectivity index (χ3n) is 3.39. The second-order valence-electron chi connectivity index (χ2n) is 5.14. The largest absolute Gasteiger partial charge is 0.463 e. The summed E-state index contributed by atoms with van der Waals surface area (Å²) in [4.78, 5) is 14.0. The zero-order valence-corrected chi connectivity index (χ0v) is 11.9. The molecule has 1 saturated heterocycles. The lowest BCUT2D eigenvalue weighted by atomic mass is 10.1. The summed E-state index contributed by atoms with van der Waals surface area (Å²) in [5.41, 5.74) is 0. The normalized spacial score (nSPS) is 18.6. The highest BCUT2D eigenvalue weighted by Crippen LogP contribution is 2.07. The first-order valence-corrected chi connectivity index (χ1v) is 7.35. The Morgan fingerprint density at radius 3 is 2.72 bits per heavy atom. The van der Waals surface area contributed by atoms with Crippen LogP contribution >= 0.6 is 0 Å². The molecular formula is C14H28N2O2. The first kappa shape index (κ1) is 15.4. The average Bonchev–Trinajstić information content (AvgIpc) is 2.38. The second-order valence-corrected chi connectivity index (χ2v) is 5.14. The second kappa shape index (κ2) is 9.34. The Hall–Kier alpha value is -0.610. The van der Waals surface area contributed by atoms with Gasteiger partial charge in [-0.1, -0.05) is 19.8 Å². The van der Waals surface area contributed by atoms with E-state index in [1.54, 1.807) is 0 Å². The van der Waals surface area contributed by atoms with Crippen LogP contribution in [0.4, 0.5) is 0 Å². The van der Waals surface area contributed by atoms with Gasteiger partial charge in [-0.25, -0.2) is 0 Å². The standard InChI is InChI=1S/C14H28N2O2/c1-3-4-5-6-13(2)18-14(17)7-10-16-11-8-15-9-12-16/h13,15H,3-12H2,1-2H3. The Kier molecular flexibility index (Phi) is 8.01. The minimum atomic E-state index is -0.0440. The highest BCUT2D eigenvalue weighted by atomic mass is 16.5. The smallest absolute Gasteiger partial charge is 0.307 e. The van der Waals surface area contributed by atoms with Gasteiger partial charge in [0, 0.05) is 32.7 Å². The topological polar surface area (TPSA) is 41.6 Å². The minimum absolute atomic E-state index is 0.0440. The van der Waals surface area contributed by atoms with E-state index >= 15 is 0 Å². The van der Waals surface area contributed by atoms with Crippen molar-refractivity contribution in [2.45, 2.75) is 52.1 Å². The molecule has 0 aromatic heterocycles. The zero-order valence-electron chi connectivity index (χ0n) is 11.9. The molecule has 106 valence electrons. The highest BCUT2D eigenvalue weighted by molar-refractivity contribution is 5.69. The highest BCUT2D eigenvalue weighted by Gasteiger charge is 2.13. The third kappa shape index (κ3) is 6.97. The minimum Gasteiger partial charge on any atom is -0.463 e. The average molecular weight is 256 g/mol. The zero-order chi connectivity index (χ0) is 13.2. The molecule has 1 aliphatic rings. The fourth-order valence-electron chi connectivity index (χ4n) is 2.21. The van der Waals surface area contributed by atoms with Gasteiger partial charge in [-0.05, 0) is 19.8 Å². The van der Waals surface area contributed by atoms with Crippen LogP contribution in [0.5, 0.6) is 0 Å². The number of esters is 1. The molecule has 18 heavy (non-hydrogen) atoms. The molecule has 1 N–H and O–H groups in total. The van der Waals surface area contributed by atoms with Gasteiger partial charge in [0.2, 0.25) is 0 Å². The number of nitrogens with zero attached hydrogens (tertiary/aromatic N) is 1. The molecule has 0 amide bonds. The van der Waals surface area contributed by atoms with Crippen LogP contribution in [0.2, 0.25) is 0 Å². The number of rotatable bonds is 8. The van der Waals surface area contributed by atoms with Crippen LogP contribution in [0.25, 0.3) is 0 Å². The first-order chi connectivity index (χ1) is 8.72. The van der Waals surface area contributed by atoms with E-state index in [1.165, 1.54) is 12.8 Å². The van der Waals surface area contributed by atoms with Crippen molar-refractivity contribution in [3.63, 3.8) is 0 Å². The lowest BCUT2D eigenvalue weighted by molar-refractivity contribution is -0.148.